The van der Waals surface area contributed by atoms with E-state index in [9.17, 15) is 4.79 Å². The first-order valence-electron chi connectivity index (χ1n) is 17.6. The number of benzene rings is 3. The number of methoxy groups -OCH3 is 1. The van der Waals surface area contributed by atoms with Crippen LogP contribution in [0.15, 0.2) is 91.4 Å². The molecule has 6 rings (SSSR count). The number of anilines is 4. The lowest BCUT2D eigenvalue weighted by atomic mass is 9.87. The number of ether oxygens (including phenoxy) is 2. The number of urea groups is 1. The Morgan fingerprint density at radius 1 is 0.824 bits per heavy atom. The minimum absolute atomic E-state index is 0.0509. The zero-order chi connectivity index (χ0) is 35.6. The molecule has 2 amide bonds. The summed E-state index contributed by atoms with van der Waals surface area (Å²) in [6.45, 7) is 12.7. The number of nitrogens with one attached hydrogen (secondary N) is 3. The van der Waals surface area contributed by atoms with Crippen LogP contribution in [0, 0.1) is 0 Å². The zero-order valence-electron chi connectivity index (χ0n) is 30.0. The van der Waals surface area contributed by atoms with E-state index in [-0.39, 0.29) is 11.4 Å². The van der Waals surface area contributed by atoms with Crippen molar-refractivity contribution in [1.29, 1.82) is 0 Å². The molecular weight excluding hydrogens is 640 g/mol. The molecule has 1 saturated heterocycles. The van der Waals surface area contributed by atoms with Gasteiger partial charge in [0.05, 0.1) is 19.2 Å². The number of hydrogen-bond acceptors (Lipinski definition) is 9. The summed E-state index contributed by atoms with van der Waals surface area (Å²) in [4.78, 5) is 31.1. The average Bonchev–Trinajstić information content (AvgIpc) is 3.14. The number of hydrogen-bond donors (Lipinski definition) is 3. The van der Waals surface area contributed by atoms with Gasteiger partial charge in [0.2, 0.25) is 0 Å². The van der Waals surface area contributed by atoms with Crippen molar-refractivity contribution in [2.24, 2.45) is 0 Å². The highest BCUT2D eigenvalue weighted by Gasteiger charge is 2.18. The minimum Gasteiger partial charge on any atom is -0.493 e. The molecule has 0 bridgehead atoms. The lowest BCUT2D eigenvalue weighted by Gasteiger charge is -2.35. The van der Waals surface area contributed by atoms with Crippen molar-refractivity contribution in [2.75, 3.05) is 67.3 Å². The fourth-order valence-electron chi connectivity index (χ4n) is 6.13. The minimum atomic E-state index is -0.300. The van der Waals surface area contributed by atoms with E-state index in [2.05, 4.69) is 67.5 Å². The number of fused-ring (bicyclic) bond motifs is 1. The van der Waals surface area contributed by atoms with Gasteiger partial charge in [-0.2, -0.15) is 0 Å². The number of carbonyl (C=O) groups excluding carboxylic acids is 1. The van der Waals surface area contributed by atoms with Gasteiger partial charge in [0, 0.05) is 61.7 Å². The van der Waals surface area contributed by atoms with Crippen LogP contribution in [-0.2, 0) is 12.0 Å². The van der Waals surface area contributed by atoms with Crippen LogP contribution in [0.25, 0.3) is 10.9 Å². The quantitative estimate of drug-likeness (QED) is 0.108. The smallest absolute Gasteiger partial charge is 0.323 e. The third-order valence-corrected chi connectivity index (χ3v) is 9.05. The Labute approximate surface area is 300 Å². The average molecular weight is 689 g/mol. The van der Waals surface area contributed by atoms with Crippen molar-refractivity contribution in [3.8, 4) is 11.5 Å². The predicted molar refractivity (Wildman–Crippen MR) is 205 cm³/mol. The molecule has 0 aliphatic carbocycles. The van der Waals surface area contributed by atoms with E-state index in [1.807, 2.05) is 79.0 Å². The fourth-order valence-corrected chi connectivity index (χ4v) is 6.13. The lowest BCUT2D eigenvalue weighted by molar-refractivity contribution is 0.235. The number of piperazine rings is 1. The summed E-state index contributed by atoms with van der Waals surface area (Å²) in [5.74, 6) is 3.05. The fraction of sp³-hybridized carbons (Fsp3) is 0.350. The Morgan fingerprint density at radius 2 is 1.63 bits per heavy atom. The van der Waals surface area contributed by atoms with Crippen molar-refractivity contribution in [1.82, 2.24) is 19.9 Å². The van der Waals surface area contributed by atoms with E-state index in [4.69, 9.17) is 9.47 Å². The van der Waals surface area contributed by atoms with E-state index < -0.39 is 0 Å². The first-order chi connectivity index (χ1) is 24.7. The van der Waals surface area contributed by atoms with Crippen molar-refractivity contribution in [2.45, 2.75) is 45.6 Å². The highest BCUT2D eigenvalue weighted by atomic mass is 16.5. The molecule has 0 radical (unpaired) electrons. The SMILES string of the molecule is COc1cc2ncnc(NCc3cccc(NC(=O)Nc4ccc(C(C)(C)C)cc4)c3)c2cc1OCCCCN1CCN(c2ccccn2)CC1. The molecule has 3 aromatic carbocycles. The molecule has 11 nitrogen and oxygen atoms in total. The standard InChI is InChI=1S/C40H48N8O3/c1-40(2,3)30-13-15-31(16-14-30)45-39(49)46-32-11-9-10-29(24-32)27-42-38-33-25-36(35(50-4)26-34(33)43-28-44-38)51-23-8-7-18-47-19-21-48(22-20-47)37-12-5-6-17-41-37/h5-6,9-17,24-26,28H,7-8,18-23,27H2,1-4H3,(H,42,43,44)(H2,45,46,49). The molecule has 2 aromatic heterocycles. The number of aromatic nitrogens is 3. The van der Waals surface area contributed by atoms with Gasteiger partial charge in [-0.25, -0.2) is 19.7 Å². The van der Waals surface area contributed by atoms with Crippen LogP contribution >= 0.6 is 0 Å². The highest BCUT2D eigenvalue weighted by molar-refractivity contribution is 5.99. The molecule has 1 aliphatic heterocycles. The van der Waals surface area contributed by atoms with Crippen LogP contribution in [0.4, 0.5) is 27.8 Å². The monoisotopic (exact) mass is 688 g/mol. The maximum Gasteiger partial charge on any atom is 0.323 e. The van der Waals surface area contributed by atoms with Crippen LogP contribution in [0.3, 0.4) is 0 Å². The Balaban J connectivity index is 1.00. The molecule has 0 atom stereocenters. The Kier molecular flexibility index (Phi) is 11.5. The molecule has 266 valence electrons. The first kappa shape index (κ1) is 35.4. The van der Waals surface area contributed by atoms with E-state index in [1.54, 1.807) is 7.11 Å². The molecule has 5 aromatic rings. The molecule has 0 unspecified atom stereocenters. The molecular formula is C40H48N8O3. The maximum atomic E-state index is 12.7. The third-order valence-electron chi connectivity index (χ3n) is 9.05. The van der Waals surface area contributed by atoms with Crippen LogP contribution in [-0.4, -0.2) is 72.3 Å². The van der Waals surface area contributed by atoms with E-state index >= 15 is 0 Å². The molecule has 0 spiro atoms. The summed E-state index contributed by atoms with van der Waals surface area (Å²) in [6.07, 6.45) is 5.38. The van der Waals surface area contributed by atoms with Crippen molar-refractivity contribution >= 4 is 39.9 Å². The topological polar surface area (TPSA) is 117 Å². The maximum absolute atomic E-state index is 12.7. The summed E-state index contributed by atoms with van der Waals surface area (Å²) < 4.78 is 11.9. The number of nitrogens with zero attached hydrogens (tertiary/aromatic N) is 5. The number of pyridine rings is 1. The van der Waals surface area contributed by atoms with Gasteiger partial charge >= 0.3 is 6.03 Å². The van der Waals surface area contributed by atoms with E-state index in [1.165, 1.54) is 11.9 Å². The molecule has 1 fully saturated rings. The van der Waals surface area contributed by atoms with Gasteiger partial charge < -0.3 is 30.3 Å². The number of unbranched alkanes of at least 4 members (excludes halogenated alkanes) is 1. The van der Waals surface area contributed by atoms with Crippen LogP contribution in [0.2, 0.25) is 0 Å². The summed E-state index contributed by atoms with van der Waals surface area (Å²) >= 11 is 0. The van der Waals surface area contributed by atoms with Gasteiger partial charge in [-0.3, -0.25) is 4.90 Å². The molecule has 0 saturated carbocycles. The Morgan fingerprint density at radius 3 is 2.37 bits per heavy atom. The Hall–Kier alpha value is -5.42. The van der Waals surface area contributed by atoms with E-state index in [0.29, 0.717) is 36.2 Å². The second-order valence-corrected chi connectivity index (χ2v) is 13.8. The van der Waals surface area contributed by atoms with Gasteiger partial charge in [0.25, 0.3) is 0 Å². The third kappa shape index (κ3) is 9.64. The second kappa shape index (κ2) is 16.5. The predicted octanol–water partition coefficient (Wildman–Crippen LogP) is 7.57. The Bertz CT molecular complexity index is 1890. The molecule has 3 heterocycles. The first-order valence-corrected chi connectivity index (χ1v) is 17.6. The molecule has 51 heavy (non-hydrogen) atoms. The van der Waals surface area contributed by atoms with Gasteiger partial charge in [-0.1, -0.05) is 51.1 Å². The molecule has 11 heteroatoms. The van der Waals surface area contributed by atoms with Crippen LogP contribution in [0.1, 0.15) is 44.7 Å². The van der Waals surface area contributed by atoms with Crippen molar-refractivity contribution < 1.29 is 14.3 Å². The number of amides is 2. The second-order valence-electron chi connectivity index (χ2n) is 13.8. The summed E-state index contributed by atoms with van der Waals surface area (Å²) in [6, 6.07) is 25.3. The molecule has 1 aliphatic rings. The highest BCUT2D eigenvalue weighted by Crippen LogP contribution is 2.34. The van der Waals surface area contributed by atoms with Gasteiger partial charge in [-0.15, -0.1) is 0 Å². The van der Waals surface area contributed by atoms with Crippen LogP contribution < -0.4 is 30.3 Å². The zero-order valence-corrected chi connectivity index (χ0v) is 30.0. The lowest BCUT2D eigenvalue weighted by Crippen LogP contribution is -2.46. The van der Waals surface area contributed by atoms with E-state index in [0.717, 1.165) is 73.5 Å². The number of rotatable bonds is 13. The van der Waals surface area contributed by atoms with Gasteiger partial charge in [0.1, 0.15) is 18.0 Å². The summed E-state index contributed by atoms with van der Waals surface area (Å²) in [5.41, 5.74) is 4.43. The summed E-state index contributed by atoms with van der Waals surface area (Å²) in [7, 11) is 1.64. The van der Waals surface area contributed by atoms with Gasteiger partial charge in [0.15, 0.2) is 11.5 Å². The van der Waals surface area contributed by atoms with Gasteiger partial charge in [-0.05, 0) is 78.4 Å². The largest absolute Gasteiger partial charge is 0.493 e. The van der Waals surface area contributed by atoms with Crippen molar-refractivity contribution in [3.05, 3.63) is 103 Å². The van der Waals surface area contributed by atoms with Crippen LogP contribution in [0.5, 0.6) is 11.5 Å². The number of carbonyl (C=O) groups is 1. The normalized spacial score (nSPS) is 13.5. The molecule has 3 N–H and O–H groups in total. The summed E-state index contributed by atoms with van der Waals surface area (Å²) in [5, 5.41) is 10.1. The van der Waals surface area contributed by atoms with Crippen molar-refractivity contribution in [3.63, 3.8) is 0 Å².